The highest BCUT2D eigenvalue weighted by atomic mass is 79.9. The van der Waals surface area contributed by atoms with Crippen molar-refractivity contribution in [2.45, 2.75) is 69.5 Å². The molecule has 0 amide bonds. The Kier molecular flexibility index (Phi) is 10.2. The first-order chi connectivity index (χ1) is 22.0. The van der Waals surface area contributed by atoms with Crippen molar-refractivity contribution >= 4 is 48.2 Å². The molecule has 3 unspecified atom stereocenters. The summed E-state index contributed by atoms with van der Waals surface area (Å²) in [5, 5.41) is 3.49. The Labute approximate surface area is 277 Å². The van der Waals surface area contributed by atoms with Gasteiger partial charge >= 0.3 is 0 Å². The van der Waals surface area contributed by atoms with Gasteiger partial charge in [-0.1, -0.05) is 19.1 Å². The fourth-order valence-electron chi connectivity index (χ4n) is 5.53. The zero-order valence-electron chi connectivity index (χ0n) is 26.3. The maximum absolute atomic E-state index is 13.6. The van der Waals surface area contributed by atoms with E-state index < -0.39 is 32.2 Å². The SMILES string of the molecule is CCC(OC(C)S(=O)(=O)C(C)C)C1(c2cc3c(Nc4ccc(OCc5cccc(F)c5)c(Br)c4)ncnc3cc2OC)CC=CO1. The number of fused-ring (bicyclic) bond motifs is 1. The lowest BCUT2D eigenvalue weighted by Crippen LogP contribution is -2.44. The van der Waals surface area contributed by atoms with E-state index >= 15 is 0 Å². The molecule has 0 saturated heterocycles. The zero-order valence-corrected chi connectivity index (χ0v) is 28.7. The number of rotatable bonds is 13. The molecule has 0 radical (unpaired) electrons. The van der Waals surface area contributed by atoms with Gasteiger partial charge in [0, 0.05) is 29.1 Å². The van der Waals surface area contributed by atoms with Gasteiger partial charge in [-0.3, -0.25) is 0 Å². The second-order valence-electron chi connectivity index (χ2n) is 11.3. The van der Waals surface area contributed by atoms with Crippen LogP contribution in [0.3, 0.4) is 0 Å². The number of ether oxygens (including phenoxy) is 4. The van der Waals surface area contributed by atoms with Crippen molar-refractivity contribution < 1.29 is 31.8 Å². The number of nitrogens with zero attached hydrogens (tertiary/aromatic N) is 2. The van der Waals surface area contributed by atoms with Crippen LogP contribution in [-0.2, 0) is 31.5 Å². The molecule has 0 fully saturated rings. The Morgan fingerprint density at radius 3 is 2.54 bits per heavy atom. The Morgan fingerprint density at radius 1 is 1.09 bits per heavy atom. The Balaban J connectivity index is 1.48. The van der Waals surface area contributed by atoms with Gasteiger partial charge in [0.15, 0.2) is 20.9 Å². The monoisotopic (exact) mass is 713 g/mol. The molecule has 0 saturated carbocycles. The van der Waals surface area contributed by atoms with Crippen LogP contribution in [0.1, 0.15) is 51.7 Å². The summed E-state index contributed by atoms with van der Waals surface area (Å²) < 4.78 is 64.5. The van der Waals surface area contributed by atoms with Gasteiger partial charge in [0.05, 0.1) is 28.6 Å². The van der Waals surface area contributed by atoms with Gasteiger partial charge in [-0.25, -0.2) is 22.8 Å². The highest BCUT2D eigenvalue weighted by Crippen LogP contribution is 2.47. The van der Waals surface area contributed by atoms with Crippen molar-refractivity contribution in [2.75, 3.05) is 12.4 Å². The summed E-state index contributed by atoms with van der Waals surface area (Å²) in [6.45, 7) is 7.01. The molecule has 0 spiro atoms. The second kappa shape index (κ2) is 13.9. The molecule has 1 aromatic heterocycles. The van der Waals surface area contributed by atoms with Crippen LogP contribution >= 0.6 is 15.9 Å². The van der Waals surface area contributed by atoms with Crippen molar-refractivity contribution in [3.8, 4) is 11.5 Å². The summed E-state index contributed by atoms with van der Waals surface area (Å²) in [6, 6.07) is 15.5. The molecule has 244 valence electrons. The summed E-state index contributed by atoms with van der Waals surface area (Å²) >= 11 is 3.58. The third-order valence-electron chi connectivity index (χ3n) is 8.05. The molecule has 2 heterocycles. The van der Waals surface area contributed by atoms with Gasteiger partial charge in [0.25, 0.3) is 0 Å². The number of methoxy groups -OCH3 is 1. The van der Waals surface area contributed by atoms with E-state index in [-0.39, 0.29) is 12.4 Å². The van der Waals surface area contributed by atoms with Crippen molar-refractivity contribution in [2.24, 2.45) is 0 Å². The van der Waals surface area contributed by atoms with Crippen molar-refractivity contribution in [3.05, 3.63) is 94.7 Å². The number of anilines is 2. The summed E-state index contributed by atoms with van der Waals surface area (Å²) in [6.07, 6.45) is 5.30. The minimum atomic E-state index is -3.53. The van der Waals surface area contributed by atoms with E-state index in [2.05, 4.69) is 31.2 Å². The van der Waals surface area contributed by atoms with Crippen LogP contribution in [0.15, 0.2) is 77.7 Å². The molecule has 9 nitrogen and oxygen atoms in total. The first-order valence-corrected chi connectivity index (χ1v) is 17.4. The zero-order chi connectivity index (χ0) is 33.1. The van der Waals surface area contributed by atoms with Crippen molar-refractivity contribution in [3.63, 3.8) is 0 Å². The predicted molar refractivity (Wildman–Crippen MR) is 179 cm³/mol. The maximum Gasteiger partial charge on any atom is 0.179 e. The lowest BCUT2D eigenvalue weighted by Gasteiger charge is -2.39. The average Bonchev–Trinajstić information content (AvgIpc) is 3.53. The summed E-state index contributed by atoms with van der Waals surface area (Å²) in [7, 11) is -1.95. The minimum absolute atomic E-state index is 0.216. The van der Waals surface area contributed by atoms with Gasteiger partial charge in [0.2, 0.25) is 0 Å². The highest BCUT2D eigenvalue weighted by molar-refractivity contribution is 9.10. The first-order valence-electron chi connectivity index (χ1n) is 15.0. The van der Waals surface area contributed by atoms with E-state index in [1.54, 1.807) is 46.3 Å². The molecular weight excluding hydrogens is 677 g/mol. The molecule has 1 aliphatic rings. The van der Waals surface area contributed by atoms with E-state index in [0.717, 1.165) is 11.3 Å². The lowest BCUT2D eigenvalue weighted by molar-refractivity contribution is -0.117. The van der Waals surface area contributed by atoms with Crippen molar-refractivity contribution in [1.82, 2.24) is 9.97 Å². The smallest absolute Gasteiger partial charge is 0.179 e. The summed E-state index contributed by atoms with van der Waals surface area (Å²) in [4.78, 5) is 9.02. The maximum atomic E-state index is 13.6. The number of hydrogen-bond donors (Lipinski definition) is 1. The average molecular weight is 715 g/mol. The fraction of sp³-hybridized carbons (Fsp3) is 0.353. The van der Waals surface area contributed by atoms with Crippen LogP contribution in [0.2, 0.25) is 0 Å². The Morgan fingerprint density at radius 2 is 1.89 bits per heavy atom. The number of sulfone groups is 1. The molecule has 1 N–H and O–H groups in total. The number of benzene rings is 3. The molecular formula is C34H37BrFN3O6S. The van der Waals surface area contributed by atoms with E-state index in [0.29, 0.717) is 51.1 Å². The summed E-state index contributed by atoms with van der Waals surface area (Å²) in [5.74, 6) is 1.36. The standard InChI is InChI=1S/C34H37BrFN3O6S/c1-6-32(45-22(4)46(40,41)21(2)3)34(13-8-14-44-34)27-17-26-29(18-31(27)42-5)37-20-38-33(26)39-25-11-12-30(28(35)16-25)43-19-23-9-7-10-24(36)15-23/h7-12,14-18,20-22,32H,6,13,19H2,1-5H3,(H,37,38,39). The first kappa shape index (κ1) is 33.6. The van der Waals surface area contributed by atoms with E-state index in [4.69, 9.17) is 18.9 Å². The van der Waals surface area contributed by atoms with Gasteiger partial charge in [0.1, 0.15) is 42.2 Å². The molecule has 1 aliphatic heterocycles. The minimum Gasteiger partial charge on any atom is -0.496 e. The van der Waals surface area contributed by atoms with Crippen LogP contribution < -0.4 is 14.8 Å². The van der Waals surface area contributed by atoms with Crippen LogP contribution in [0.25, 0.3) is 10.9 Å². The Bertz CT molecular complexity index is 1840. The molecule has 46 heavy (non-hydrogen) atoms. The second-order valence-corrected chi connectivity index (χ2v) is 14.9. The number of nitrogens with one attached hydrogen (secondary N) is 1. The third kappa shape index (κ3) is 6.84. The van der Waals surface area contributed by atoms with Gasteiger partial charge in [-0.2, -0.15) is 0 Å². The van der Waals surface area contributed by atoms with Crippen molar-refractivity contribution in [1.29, 1.82) is 0 Å². The lowest BCUT2D eigenvalue weighted by atomic mass is 9.83. The van der Waals surface area contributed by atoms with Gasteiger partial charge in [-0.15, -0.1) is 0 Å². The number of halogens is 2. The molecule has 12 heteroatoms. The normalized spacial score (nSPS) is 17.6. The van der Waals surface area contributed by atoms with E-state index in [1.165, 1.54) is 18.5 Å². The van der Waals surface area contributed by atoms with Crippen LogP contribution in [-0.4, -0.2) is 42.3 Å². The van der Waals surface area contributed by atoms with Crippen LogP contribution in [0.4, 0.5) is 15.9 Å². The highest BCUT2D eigenvalue weighted by Gasteiger charge is 2.47. The van der Waals surface area contributed by atoms with Crippen LogP contribution in [0, 0.1) is 5.82 Å². The van der Waals surface area contributed by atoms with E-state index in [9.17, 15) is 12.8 Å². The molecule has 3 atom stereocenters. The fourth-order valence-corrected chi connectivity index (χ4v) is 7.08. The largest absolute Gasteiger partial charge is 0.496 e. The topological polar surface area (TPSA) is 109 Å². The number of aromatic nitrogens is 2. The molecule has 5 rings (SSSR count). The van der Waals surface area contributed by atoms with E-state index in [1.807, 2.05) is 43.3 Å². The molecule has 3 aromatic carbocycles. The quantitative estimate of drug-likeness (QED) is 0.148. The third-order valence-corrected chi connectivity index (χ3v) is 11.0. The van der Waals surface area contributed by atoms with Gasteiger partial charge in [-0.05, 0) is 91.2 Å². The van der Waals surface area contributed by atoms with Crippen LogP contribution in [0.5, 0.6) is 11.5 Å². The Hall–Kier alpha value is -3.74. The molecule has 0 aliphatic carbocycles. The molecule has 0 bridgehead atoms. The predicted octanol–water partition coefficient (Wildman–Crippen LogP) is 7.96. The number of hydrogen-bond acceptors (Lipinski definition) is 9. The summed E-state index contributed by atoms with van der Waals surface area (Å²) in [5.41, 5.74) is 0.694. The molecule has 4 aromatic rings. The van der Waals surface area contributed by atoms with Gasteiger partial charge < -0.3 is 24.3 Å².